The van der Waals surface area contributed by atoms with Crippen LogP contribution >= 0.6 is 0 Å². The van der Waals surface area contributed by atoms with Crippen LogP contribution < -0.4 is 14.2 Å². The van der Waals surface area contributed by atoms with E-state index in [9.17, 15) is 4.39 Å². The van der Waals surface area contributed by atoms with Crippen LogP contribution in [0.2, 0.25) is 0 Å². The number of aromatic nitrogens is 2. The molecular formula is C25H21FN2O3. The van der Waals surface area contributed by atoms with E-state index in [2.05, 4.69) is 10.2 Å². The van der Waals surface area contributed by atoms with Gasteiger partial charge in [0.05, 0.1) is 0 Å². The molecule has 3 aromatic carbocycles. The molecule has 5 nitrogen and oxygen atoms in total. The van der Waals surface area contributed by atoms with Crippen LogP contribution in [0.5, 0.6) is 17.2 Å². The number of hydrogen-bond donors (Lipinski definition) is 1. The summed E-state index contributed by atoms with van der Waals surface area (Å²) in [5.74, 6) is 1.62. The molecule has 156 valence electrons. The number of nitrogens with one attached hydrogen (secondary N) is 1. The van der Waals surface area contributed by atoms with Gasteiger partial charge in [0.25, 0.3) is 0 Å². The summed E-state index contributed by atoms with van der Waals surface area (Å²) in [4.78, 5) is 0. The van der Waals surface area contributed by atoms with Gasteiger partial charge in [-0.15, -0.1) is 0 Å². The molecule has 0 aliphatic carbocycles. The van der Waals surface area contributed by atoms with Crippen LogP contribution in [0.4, 0.5) is 4.39 Å². The Kier molecular flexibility index (Phi) is 5.04. The quantitative estimate of drug-likeness (QED) is 0.464. The Morgan fingerprint density at radius 2 is 1.77 bits per heavy atom. The molecule has 0 unspecified atom stereocenters. The minimum absolute atomic E-state index is 0.351. The number of fused-ring (bicyclic) bond motifs is 1. The lowest BCUT2D eigenvalue weighted by Gasteiger charge is -2.19. The predicted molar refractivity (Wildman–Crippen MR) is 116 cm³/mol. The summed E-state index contributed by atoms with van der Waals surface area (Å²) in [6, 6.07) is 20.1. The van der Waals surface area contributed by atoms with Gasteiger partial charge in [-0.1, -0.05) is 36.4 Å². The van der Waals surface area contributed by atoms with Crippen LogP contribution in [0.15, 0.2) is 66.7 Å². The zero-order valence-electron chi connectivity index (χ0n) is 17.0. The molecule has 2 heterocycles. The maximum absolute atomic E-state index is 14.2. The third-order valence-electron chi connectivity index (χ3n) is 5.21. The molecule has 0 amide bonds. The van der Waals surface area contributed by atoms with Crippen molar-refractivity contribution in [1.82, 2.24) is 10.2 Å². The number of halogens is 1. The van der Waals surface area contributed by atoms with E-state index in [1.807, 2.05) is 55.5 Å². The van der Waals surface area contributed by atoms with Gasteiger partial charge in [-0.2, -0.15) is 5.10 Å². The molecule has 0 radical (unpaired) electrons. The van der Waals surface area contributed by atoms with Crippen LogP contribution in [0.25, 0.3) is 22.4 Å². The Balaban J connectivity index is 1.55. The SMILES string of the molecule is Cc1[nH]nc(-c2cc(F)ccc2OCc2ccccc2)c1-c1ccc2c(c1)OCCO2. The van der Waals surface area contributed by atoms with E-state index in [-0.39, 0.29) is 5.82 Å². The molecule has 5 rings (SSSR count). The standard InChI is InChI=1S/C25H21FN2O3/c1-16-24(18-7-9-22-23(13-18)30-12-11-29-22)25(28-27-16)20-14-19(26)8-10-21(20)31-15-17-5-3-2-4-6-17/h2-10,13-14H,11-12,15H2,1H3,(H,27,28). The van der Waals surface area contributed by atoms with Crippen molar-refractivity contribution in [2.24, 2.45) is 0 Å². The molecular weight excluding hydrogens is 395 g/mol. The van der Waals surface area contributed by atoms with Crippen molar-refractivity contribution >= 4 is 0 Å². The van der Waals surface area contributed by atoms with Crippen molar-refractivity contribution in [1.29, 1.82) is 0 Å². The van der Waals surface area contributed by atoms with Gasteiger partial charge in [-0.05, 0) is 48.4 Å². The average molecular weight is 416 g/mol. The molecule has 31 heavy (non-hydrogen) atoms. The van der Waals surface area contributed by atoms with E-state index < -0.39 is 0 Å². The summed E-state index contributed by atoms with van der Waals surface area (Å²) in [6.07, 6.45) is 0. The number of nitrogens with zero attached hydrogens (tertiary/aromatic N) is 1. The molecule has 0 atom stereocenters. The number of H-pyrrole nitrogens is 1. The molecule has 1 aliphatic rings. The van der Waals surface area contributed by atoms with E-state index in [4.69, 9.17) is 14.2 Å². The van der Waals surface area contributed by atoms with Crippen molar-refractivity contribution in [3.8, 4) is 39.6 Å². The summed E-state index contributed by atoms with van der Waals surface area (Å²) in [5, 5.41) is 7.52. The summed E-state index contributed by atoms with van der Waals surface area (Å²) < 4.78 is 31.7. The zero-order valence-corrected chi connectivity index (χ0v) is 17.0. The lowest BCUT2D eigenvalue weighted by molar-refractivity contribution is 0.171. The summed E-state index contributed by atoms with van der Waals surface area (Å²) in [5.41, 5.74) is 4.88. The van der Waals surface area contributed by atoms with Gasteiger partial charge in [-0.25, -0.2) is 4.39 Å². The second kappa shape index (κ2) is 8.14. The number of benzene rings is 3. The number of aromatic amines is 1. The largest absolute Gasteiger partial charge is 0.488 e. The molecule has 0 spiro atoms. The van der Waals surface area contributed by atoms with Crippen molar-refractivity contribution in [2.75, 3.05) is 13.2 Å². The fourth-order valence-electron chi connectivity index (χ4n) is 3.72. The van der Waals surface area contributed by atoms with Gasteiger partial charge in [-0.3, -0.25) is 5.10 Å². The molecule has 1 N–H and O–H groups in total. The summed E-state index contributed by atoms with van der Waals surface area (Å²) in [7, 11) is 0. The zero-order chi connectivity index (χ0) is 21.2. The molecule has 0 saturated heterocycles. The van der Waals surface area contributed by atoms with Crippen LogP contribution in [-0.2, 0) is 6.61 Å². The number of ether oxygens (including phenoxy) is 3. The summed E-state index contributed by atoms with van der Waals surface area (Å²) >= 11 is 0. The first-order chi connectivity index (χ1) is 15.2. The van der Waals surface area contributed by atoms with Crippen LogP contribution in [0.1, 0.15) is 11.3 Å². The van der Waals surface area contributed by atoms with Crippen LogP contribution in [0.3, 0.4) is 0 Å². The smallest absolute Gasteiger partial charge is 0.161 e. The Morgan fingerprint density at radius 1 is 0.968 bits per heavy atom. The molecule has 1 aromatic heterocycles. The van der Waals surface area contributed by atoms with Gasteiger partial charge in [0.1, 0.15) is 37.1 Å². The first-order valence-corrected chi connectivity index (χ1v) is 10.1. The predicted octanol–water partition coefficient (Wildman–Crippen LogP) is 5.54. The average Bonchev–Trinajstić information content (AvgIpc) is 3.19. The second-order valence-corrected chi connectivity index (χ2v) is 7.35. The van der Waals surface area contributed by atoms with Crippen LogP contribution in [-0.4, -0.2) is 23.4 Å². The van der Waals surface area contributed by atoms with Crippen molar-refractivity contribution in [3.63, 3.8) is 0 Å². The minimum Gasteiger partial charge on any atom is -0.488 e. The van der Waals surface area contributed by atoms with Crippen LogP contribution in [0, 0.1) is 12.7 Å². The lowest BCUT2D eigenvalue weighted by atomic mass is 9.98. The molecule has 1 aliphatic heterocycles. The molecule has 0 fully saturated rings. The maximum atomic E-state index is 14.2. The Bertz CT molecular complexity index is 1220. The first-order valence-electron chi connectivity index (χ1n) is 10.1. The first kappa shape index (κ1) is 19.2. The molecule has 0 bridgehead atoms. The highest BCUT2D eigenvalue weighted by atomic mass is 19.1. The second-order valence-electron chi connectivity index (χ2n) is 7.35. The number of hydrogen-bond acceptors (Lipinski definition) is 4. The topological polar surface area (TPSA) is 56.4 Å². The fourth-order valence-corrected chi connectivity index (χ4v) is 3.72. The third kappa shape index (κ3) is 3.84. The van der Waals surface area contributed by atoms with Crippen molar-refractivity contribution < 1.29 is 18.6 Å². The highest BCUT2D eigenvalue weighted by Gasteiger charge is 2.21. The fraction of sp³-hybridized carbons (Fsp3) is 0.160. The molecule has 0 saturated carbocycles. The van der Waals surface area contributed by atoms with E-state index in [1.165, 1.54) is 12.1 Å². The summed E-state index contributed by atoms with van der Waals surface area (Å²) in [6.45, 7) is 3.36. The Morgan fingerprint density at radius 3 is 2.61 bits per heavy atom. The van der Waals surface area contributed by atoms with Gasteiger partial charge in [0.2, 0.25) is 0 Å². The normalized spacial score (nSPS) is 12.6. The molecule has 4 aromatic rings. The van der Waals surface area contributed by atoms with Gasteiger partial charge < -0.3 is 14.2 Å². The maximum Gasteiger partial charge on any atom is 0.161 e. The van der Waals surface area contributed by atoms with E-state index in [0.29, 0.717) is 42.6 Å². The van der Waals surface area contributed by atoms with E-state index in [1.54, 1.807) is 6.07 Å². The number of aryl methyl sites for hydroxylation is 1. The minimum atomic E-state index is -0.351. The highest BCUT2D eigenvalue weighted by molar-refractivity contribution is 5.85. The monoisotopic (exact) mass is 416 g/mol. The Labute approximate surface area is 179 Å². The van der Waals surface area contributed by atoms with Crippen molar-refractivity contribution in [2.45, 2.75) is 13.5 Å². The lowest BCUT2D eigenvalue weighted by Crippen LogP contribution is -2.15. The number of rotatable bonds is 5. The molecule has 6 heteroatoms. The van der Waals surface area contributed by atoms with Crippen molar-refractivity contribution in [3.05, 3.63) is 83.8 Å². The van der Waals surface area contributed by atoms with E-state index >= 15 is 0 Å². The van der Waals surface area contributed by atoms with Gasteiger partial charge >= 0.3 is 0 Å². The third-order valence-corrected chi connectivity index (χ3v) is 5.21. The highest BCUT2D eigenvalue weighted by Crippen LogP contribution is 2.41. The van der Waals surface area contributed by atoms with E-state index in [0.717, 1.165) is 28.1 Å². The van der Waals surface area contributed by atoms with Gasteiger partial charge in [0.15, 0.2) is 11.5 Å². The van der Waals surface area contributed by atoms with Gasteiger partial charge in [0, 0.05) is 16.8 Å². The Hall–Kier alpha value is -3.80.